The predicted octanol–water partition coefficient (Wildman–Crippen LogP) is 4.79. The lowest BCUT2D eigenvalue weighted by Crippen LogP contribution is -2.66. The van der Waals surface area contributed by atoms with Gasteiger partial charge in [0.25, 0.3) is 5.91 Å². The first-order valence-electron chi connectivity index (χ1n) is 14.7. The maximum atomic E-state index is 14.1. The molecule has 2 aromatic carbocycles. The Bertz CT molecular complexity index is 1540. The maximum Gasteiger partial charge on any atom is 0.408 e. The van der Waals surface area contributed by atoms with Crippen LogP contribution in [-0.4, -0.2) is 46.5 Å². The van der Waals surface area contributed by atoms with Gasteiger partial charge in [-0.15, -0.1) is 0 Å². The van der Waals surface area contributed by atoms with E-state index in [2.05, 4.69) is 20.9 Å². The molecule has 4 amide bonds. The van der Waals surface area contributed by atoms with Crippen LogP contribution in [0.5, 0.6) is 0 Å². The van der Waals surface area contributed by atoms with Gasteiger partial charge in [-0.3, -0.25) is 14.4 Å². The second-order valence-corrected chi connectivity index (χ2v) is 12.6. The molecule has 0 unspecified atom stereocenters. The Labute approximate surface area is 266 Å². The van der Waals surface area contributed by atoms with Crippen LogP contribution in [-0.2, 0) is 38.5 Å². The summed E-state index contributed by atoms with van der Waals surface area (Å²) in [7, 11) is 0. The molecule has 0 saturated heterocycles. The molecule has 0 spiro atoms. The molecule has 0 radical (unpaired) electrons. The van der Waals surface area contributed by atoms with E-state index in [1.54, 1.807) is 32.9 Å². The first-order chi connectivity index (χ1) is 20.8. The molecule has 1 aliphatic carbocycles. The van der Waals surface area contributed by atoms with E-state index in [9.17, 15) is 19.2 Å². The summed E-state index contributed by atoms with van der Waals surface area (Å²) in [6.07, 6.45) is -0.746. The number of H-pyrrole nitrogens is 1. The molecule has 3 aromatic rings. The van der Waals surface area contributed by atoms with Crippen LogP contribution in [0.25, 0.3) is 10.9 Å². The smallest absolute Gasteiger partial charge is 0.408 e. The van der Waals surface area contributed by atoms with Crippen molar-refractivity contribution < 1.29 is 23.9 Å². The molecular weight excluding hydrogens is 605 g/mol. The highest BCUT2D eigenvalue weighted by Crippen LogP contribution is 2.38. The molecule has 1 aromatic heterocycles. The van der Waals surface area contributed by atoms with Crippen molar-refractivity contribution in [2.45, 2.75) is 77.6 Å². The van der Waals surface area contributed by atoms with Crippen molar-refractivity contribution in [1.29, 1.82) is 0 Å². The number of primary amides is 1. The van der Waals surface area contributed by atoms with Gasteiger partial charge in [-0.1, -0.05) is 81.2 Å². The molecule has 0 bridgehead atoms. The van der Waals surface area contributed by atoms with Crippen LogP contribution >= 0.6 is 23.2 Å². The number of halogens is 2. The van der Waals surface area contributed by atoms with E-state index < -0.39 is 41.5 Å². The van der Waals surface area contributed by atoms with Crippen molar-refractivity contribution >= 4 is 57.9 Å². The lowest BCUT2D eigenvalue weighted by Gasteiger charge is -2.39. The number of fused-ring (bicyclic) bond motifs is 3. The van der Waals surface area contributed by atoms with Gasteiger partial charge in [0.1, 0.15) is 11.6 Å². The molecule has 6 N–H and O–H groups in total. The van der Waals surface area contributed by atoms with E-state index in [4.69, 9.17) is 33.7 Å². The second kappa shape index (κ2) is 13.9. The van der Waals surface area contributed by atoms with E-state index in [0.29, 0.717) is 28.4 Å². The Morgan fingerprint density at radius 2 is 1.80 bits per heavy atom. The maximum absolute atomic E-state index is 14.1. The monoisotopic (exact) mass is 643 g/mol. The van der Waals surface area contributed by atoms with Crippen molar-refractivity contribution in [2.75, 3.05) is 0 Å². The number of amides is 4. The summed E-state index contributed by atoms with van der Waals surface area (Å²) in [5.74, 6) is -2.53. The summed E-state index contributed by atoms with van der Waals surface area (Å²) in [6.45, 7) is 7.44. The predicted molar refractivity (Wildman–Crippen MR) is 170 cm³/mol. The van der Waals surface area contributed by atoms with E-state index in [0.717, 1.165) is 22.2 Å². The first kappa shape index (κ1) is 33.1. The molecule has 1 aliphatic rings. The van der Waals surface area contributed by atoms with Gasteiger partial charge < -0.3 is 31.4 Å². The highest BCUT2D eigenvalue weighted by molar-refractivity contribution is 6.38. The summed E-state index contributed by atoms with van der Waals surface area (Å²) in [4.78, 5) is 56.5. The zero-order valence-corrected chi connectivity index (χ0v) is 26.8. The largest absolute Gasteiger partial charge is 0.436 e. The zero-order chi connectivity index (χ0) is 32.2. The molecule has 0 fully saturated rings. The van der Waals surface area contributed by atoms with Crippen LogP contribution in [0.15, 0.2) is 42.5 Å². The lowest BCUT2D eigenvalue weighted by molar-refractivity contribution is -0.141. The Kier molecular flexibility index (Phi) is 10.5. The third-order valence-electron chi connectivity index (χ3n) is 8.29. The number of aromatic nitrogens is 1. The van der Waals surface area contributed by atoms with Gasteiger partial charge in [-0.2, -0.15) is 0 Å². The van der Waals surface area contributed by atoms with E-state index in [-0.39, 0.29) is 31.2 Å². The Morgan fingerprint density at radius 3 is 2.43 bits per heavy atom. The fraction of sp³-hybridized carbons (Fsp3) is 0.438. The van der Waals surface area contributed by atoms with Crippen molar-refractivity contribution in [1.82, 2.24) is 20.9 Å². The highest BCUT2D eigenvalue weighted by atomic mass is 35.5. The third kappa shape index (κ3) is 7.30. The van der Waals surface area contributed by atoms with Gasteiger partial charge in [0.15, 0.2) is 6.10 Å². The molecule has 4 rings (SSSR count). The average molecular weight is 645 g/mol. The summed E-state index contributed by atoms with van der Waals surface area (Å²) in [6, 6.07) is 11.7. The minimum atomic E-state index is -1.49. The number of rotatable bonds is 11. The fourth-order valence-corrected chi connectivity index (χ4v) is 6.09. The fourth-order valence-electron chi connectivity index (χ4n) is 5.55. The van der Waals surface area contributed by atoms with Crippen molar-refractivity contribution in [3.05, 3.63) is 69.3 Å². The molecule has 1 heterocycles. The first-order valence-corrected chi connectivity index (χ1v) is 15.5. The molecule has 10 nitrogen and oxygen atoms in total. The van der Waals surface area contributed by atoms with Crippen LogP contribution in [0.3, 0.4) is 0 Å². The van der Waals surface area contributed by atoms with Gasteiger partial charge >= 0.3 is 6.09 Å². The number of nitrogens with two attached hydrogens (primary N) is 1. The average Bonchev–Trinajstić information content (AvgIpc) is 3.35. The molecule has 0 saturated carbocycles. The van der Waals surface area contributed by atoms with Gasteiger partial charge in [-0.05, 0) is 48.4 Å². The van der Waals surface area contributed by atoms with Gasteiger partial charge in [-0.25, -0.2) is 4.79 Å². The second-order valence-electron chi connectivity index (χ2n) is 11.8. The summed E-state index contributed by atoms with van der Waals surface area (Å²) in [5.41, 5.74) is 7.31. The number of hydrogen-bond donors (Lipinski definition) is 5. The number of hydrogen-bond acceptors (Lipinski definition) is 5. The van der Waals surface area contributed by atoms with Crippen molar-refractivity contribution in [3.8, 4) is 0 Å². The third-order valence-corrected chi connectivity index (χ3v) is 8.81. The van der Waals surface area contributed by atoms with Crippen LogP contribution in [0.1, 0.15) is 57.4 Å². The van der Waals surface area contributed by atoms with Crippen LogP contribution in [0.2, 0.25) is 10.0 Å². The van der Waals surface area contributed by atoms with Crippen molar-refractivity contribution in [3.63, 3.8) is 0 Å². The number of carbonyl (C=O) groups is 4. The number of benzene rings is 2. The molecule has 0 aliphatic heterocycles. The number of alkyl carbamates (subject to hydrolysis) is 1. The summed E-state index contributed by atoms with van der Waals surface area (Å²) < 4.78 is 5.66. The minimum Gasteiger partial charge on any atom is -0.436 e. The standard InChI is InChI=1S/C32H39Cl2N5O5/c1-5-18(4)27(44-31(43)36-16-19-9-7-6-8-10-19)29(41)39-32(30(42)38-25(17(2)3)28(35)40)12-11-24-22(15-32)21-13-20(33)14-23(34)26(21)37-24/h6-10,13-14,17-18,25,27,37H,5,11-12,15-16H2,1-4H3,(H2,35,40)(H,36,43)(H,38,42)(H,39,41)/t18-,25-,27-,32+/m0/s1. The van der Waals surface area contributed by atoms with Gasteiger partial charge in [0.05, 0.1) is 10.5 Å². The highest BCUT2D eigenvalue weighted by Gasteiger charge is 2.47. The number of ether oxygens (including phenoxy) is 1. The van der Waals surface area contributed by atoms with Crippen LogP contribution < -0.4 is 21.7 Å². The topological polar surface area (TPSA) is 155 Å². The minimum absolute atomic E-state index is 0.0770. The summed E-state index contributed by atoms with van der Waals surface area (Å²) >= 11 is 12.8. The van der Waals surface area contributed by atoms with E-state index >= 15 is 0 Å². The number of carbonyl (C=O) groups excluding carboxylic acids is 4. The van der Waals surface area contributed by atoms with Crippen molar-refractivity contribution in [2.24, 2.45) is 17.6 Å². The SMILES string of the molecule is CC[C@H](C)[C@H](OC(=O)NCc1ccccc1)C(=O)N[C@]1(C(=O)N[C@H](C(N)=O)C(C)C)CCc2[nH]c3c(Cl)cc(Cl)cc3c2C1. The Morgan fingerprint density at radius 1 is 1.09 bits per heavy atom. The summed E-state index contributed by atoms with van der Waals surface area (Å²) in [5, 5.41) is 10.00. The normalized spacial score (nSPS) is 18.2. The zero-order valence-electron chi connectivity index (χ0n) is 25.3. The number of aromatic amines is 1. The number of nitrogens with one attached hydrogen (secondary N) is 4. The Balaban J connectivity index is 1.65. The Hall–Kier alpha value is -3.76. The van der Waals surface area contributed by atoms with E-state index in [1.807, 2.05) is 37.3 Å². The van der Waals surface area contributed by atoms with Crippen LogP contribution in [0, 0.1) is 11.8 Å². The van der Waals surface area contributed by atoms with E-state index in [1.165, 1.54) is 0 Å². The molecule has 4 atom stereocenters. The molecular formula is C32H39Cl2N5O5. The molecule has 236 valence electrons. The molecule has 44 heavy (non-hydrogen) atoms. The molecule has 12 heteroatoms. The van der Waals surface area contributed by atoms with Crippen LogP contribution in [0.4, 0.5) is 4.79 Å². The van der Waals surface area contributed by atoms with Gasteiger partial charge in [0.2, 0.25) is 11.8 Å². The quantitative estimate of drug-likeness (QED) is 0.203. The van der Waals surface area contributed by atoms with Gasteiger partial charge in [0, 0.05) is 35.0 Å². The number of aryl methyl sites for hydroxylation is 1. The lowest BCUT2D eigenvalue weighted by atomic mass is 9.78.